The van der Waals surface area contributed by atoms with Crippen LogP contribution in [0.3, 0.4) is 0 Å². The van der Waals surface area contributed by atoms with Crippen LogP contribution in [0.4, 0.5) is 5.82 Å². The molecule has 76 heavy (non-hydrogen) atoms. The number of unbranched alkanes of at least 4 members (excludes halogenated alkanes) is 14. The number of phosphoric acid groups is 2. The molecule has 1 aliphatic heterocycles. The smallest absolute Gasteiger partial charge is 0.462 e. The van der Waals surface area contributed by atoms with Gasteiger partial charge < -0.3 is 45.1 Å². The molecule has 1 aromatic rings. The molecule has 0 bridgehead atoms. The standard InChI is InChI=1S/C55H89N3O16P2/c1-3-5-7-9-11-13-14-15-16-17-18-19-20-21-22-23-25-27-31-35-39-50(60)69-43-47(72-51(61)40-36-32-28-30-34-38-46(59)37-33-29-26-24-12-10-8-6-4-2)44-70-75(65,66)74-76(67,68)71-45-48-52(62)53(63)54(73-48)58-42-41-49(56)57-55(58)64/h12-14,16-17,19-20,24,28-30,33-34,38,41-42,46-48,52-54,59,62-63H,3-11,15,18,21-23,25-27,31-32,35-37,39-40,43-45H2,1-2H3,(H,65,66)(H,67,68)(H2,56,57,64)/b14-13-,17-16-,20-19-,24-12-,30-28+,33-29-,38-34-/t46?,47-,48-,52-,53-,54-/m1/s1. The molecule has 430 valence electrons. The number of hydrogen-bond acceptors (Lipinski definition) is 16. The third-order valence-corrected chi connectivity index (χ3v) is 14.4. The minimum atomic E-state index is -5.47. The van der Waals surface area contributed by atoms with Crippen molar-refractivity contribution in [2.75, 3.05) is 25.6 Å². The normalized spacial score (nSPS) is 19.8. The lowest BCUT2D eigenvalue weighted by Crippen LogP contribution is -2.36. The van der Waals surface area contributed by atoms with Gasteiger partial charge in [-0.15, -0.1) is 0 Å². The van der Waals surface area contributed by atoms with Crippen molar-refractivity contribution in [3.8, 4) is 0 Å². The Morgan fingerprint density at radius 2 is 1.24 bits per heavy atom. The molecule has 0 radical (unpaired) electrons. The molecule has 0 aromatic carbocycles. The predicted octanol–water partition coefficient (Wildman–Crippen LogP) is 10.8. The van der Waals surface area contributed by atoms with Crippen LogP contribution >= 0.6 is 15.6 Å². The number of allylic oxidation sites excluding steroid dienone is 12. The zero-order valence-corrected chi connectivity index (χ0v) is 46.7. The van der Waals surface area contributed by atoms with Gasteiger partial charge in [0.2, 0.25) is 0 Å². The Kier molecular flexibility index (Phi) is 37.5. The summed E-state index contributed by atoms with van der Waals surface area (Å²) in [6.07, 6.45) is 42.5. The van der Waals surface area contributed by atoms with Crippen molar-refractivity contribution in [1.29, 1.82) is 0 Å². The van der Waals surface area contributed by atoms with Crippen molar-refractivity contribution >= 4 is 33.4 Å². The molecule has 7 N–H and O–H groups in total. The van der Waals surface area contributed by atoms with Crippen LogP contribution in [0.1, 0.15) is 174 Å². The lowest BCUT2D eigenvalue weighted by atomic mass is 10.1. The van der Waals surface area contributed by atoms with Crippen LogP contribution in [-0.4, -0.2) is 96.9 Å². The van der Waals surface area contributed by atoms with Gasteiger partial charge in [-0.3, -0.25) is 23.2 Å². The van der Waals surface area contributed by atoms with Crippen molar-refractivity contribution in [3.05, 3.63) is 108 Å². The van der Waals surface area contributed by atoms with Crippen LogP contribution in [0.5, 0.6) is 0 Å². The number of aliphatic hydroxyl groups is 3. The van der Waals surface area contributed by atoms with Crippen LogP contribution in [-0.2, 0) is 46.3 Å². The molecule has 21 heteroatoms. The van der Waals surface area contributed by atoms with Gasteiger partial charge in [-0.05, 0) is 89.5 Å². The summed E-state index contributed by atoms with van der Waals surface area (Å²) in [6.45, 7) is 1.96. The highest BCUT2D eigenvalue weighted by atomic mass is 31.3. The number of anilines is 1. The van der Waals surface area contributed by atoms with E-state index in [0.29, 0.717) is 25.7 Å². The summed E-state index contributed by atoms with van der Waals surface area (Å²) in [5, 5.41) is 31.2. The Morgan fingerprint density at radius 1 is 0.697 bits per heavy atom. The zero-order valence-electron chi connectivity index (χ0n) is 44.9. The summed E-state index contributed by atoms with van der Waals surface area (Å²) in [6, 6.07) is 1.24. The highest BCUT2D eigenvalue weighted by Gasteiger charge is 2.46. The number of aromatic nitrogens is 2. The van der Waals surface area contributed by atoms with Gasteiger partial charge in [0, 0.05) is 19.0 Å². The third kappa shape index (κ3) is 33.9. The molecule has 1 aliphatic rings. The lowest BCUT2D eigenvalue weighted by molar-refractivity contribution is -0.161. The van der Waals surface area contributed by atoms with Gasteiger partial charge in [0.15, 0.2) is 12.3 Å². The third-order valence-electron chi connectivity index (χ3n) is 11.8. The van der Waals surface area contributed by atoms with E-state index in [-0.39, 0.29) is 18.7 Å². The highest BCUT2D eigenvalue weighted by molar-refractivity contribution is 7.61. The summed E-state index contributed by atoms with van der Waals surface area (Å²) in [5.74, 6) is -1.46. The number of carbonyl (C=O) groups is 2. The summed E-state index contributed by atoms with van der Waals surface area (Å²) in [5.41, 5.74) is 4.58. The minimum Gasteiger partial charge on any atom is -0.462 e. The van der Waals surface area contributed by atoms with Gasteiger partial charge in [-0.1, -0.05) is 157 Å². The number of nitrogens with two attached hydrogens (primary N) is 1. The molecular formula is C55H89N3O16P2. The number of rotatable bonds is 44. The summed E-state index contributed by atoms with van der Waals surface area (Å²) >= 11 is 0. The quantitative estimate of drug-likeness (QED) is 0.0116. The molecule has 1 fully saturated rings. The number of aliphatic hydroxyl groups excluding tert-OH is 3. The number of esters is 2. The Hall–Kier alpha value is -4.10. The average molecular weight is 1110 g/mol. The van der Waals surface area contributed by atoms with Crippen LogP contribution < -0.4 is 11.4 Å². The largest absolute Gasteiger partial charge is 0.481 e. The van der Waals surface area contributed by atoms with Crippen molar-refractivity contribution in [3.63, 3.8) is 0 Å². The van der Waals surface area contributed by atoms with Crippen molar-refractivity contribution in [1.82, 2.24) is 9.55 Å². The fraction of sp³-hybridized carbons (Fsp3) is 0.636. The maximum absolute atomic E-state index is 12.9. The first-order chi connectivity index (χ1) is 36.6. The van der Waals surface area contributed by atoms with Gasteiger partial charge in [-0.2, -0.15) is 9.29 Å². The number of nitrogens with zero attached hydrogens (tertiary/aromatic N) is 2. The molecule has 1 aromatic heterocycles. The maximum atomic E-state index is 12.9. The molecule has 2 rings (SSSR count). The zero-order chi connectivity index (χ0) is 55.7. The van der Waals surface area contributed by atoms with Crippen molar-refractivity contribution in [2.45, 2.75) is 205 Å². The first-order valence-corrected chi connectivity index (χ1v) is 30.2. The van der Waals surface area contributed by atoms with E-state index in [1.807, 2.05) is 12.2 Å². The second-order valence-corrected chi connectivity index (χ2v) is 21.6. The van der Waals surface area contributed by atoms with E-state index < -0.39 is 89.8 Å². The van der Waals surface area contributed by atoms with Crippen molar-refractivity contribution < 1.29 is 71.4 Å². The molecule has 2 heterocycles. The Morgan fingerprint density at radius 3 is 1.88 bits per heavy atom. The first-order valence-electron chi connectivity index (χ1n) is 27.2. The predicted molar refractivity (Wildman–Crippen MR) is 294 cm³/mol. The molecule has 0 spiro atoms. The van der Waals surface area contributed by atoms with E-state index in [0.717, 1.165) is 81.4 Å². The fourth-order valence-corrected chi connectivity index (χ4v) is 9.62. The topological polar surface area (TPSA) is 286 Å². The highest BCUT2D eigenvalue weighted by Crippen LogP contribution is 2.60. The Bertz CT molecular complexity index is 2120. The average Bonchev–Trinajstić information content (AvgIpc) is 3.65. The lowest BCUT2D eigenvalue weighted by Gasteiger charge is -2.21. The van der Waals surface area contributed by atoms with E-state index in [9.17, 15) is 48.6 Å². The van der Waals surface area contributed by atoms with Crippen LogP contribution in [0, 0.1) is 0 Å². The number of ether oxygens (including phenoxy) is 3. The molecule has 0 saturated carbocycles. The molecule has 1 saturated heterocycles. The van der Waals surface area contributed by atoms with Gasteiger partial charge >= 0.3 is 33.3 Å². The molecule has 3 unspecified atom stereocenters. The number of carbonyl (C=O) groups excluding carboxylic acids is 2. The fourth-order valence-electron chi connectivity index (χ4n) is 7.51. The van der Waals surface area contributed by atoms with E-state index in [1.165, 1.54) is 51.0 Å². The summed E-state index contributed by atoms with van der Waals surface area (Å²) in [4.78, 5) is 62.0. The molecule has 19 nitrogen and oxygen atoms in total. The van der Waals surface area contributed by atoms with Gasteiger partial charge in [0.05, 0.1) is 19.3 Å². The van der Waals surface area contributed by atoms with E-state index in [2.05, 4.69) is 71.8 Å². The Labute approximate surface area is 450 Å². The first kappa shape index (κ1) is 68.0. The van der Waals surface area contributed by atoms with Crippen molar-refractivity contribution in [2.24, 2.45) is 0 Å². The van der Waals surface area contributed by atoms with E-state index >= 15 is 0 Å². The van der Waals surface area contributed by atoms with Gasteiger partial charge in [0.1, 0.15) is 30.7 Å². The Balaban J connectivity index is 1.83. The van der Waals surface area contributed by atoms with Gasteiger partial charge in [-0.25, -0.2) is 13.9 Å². The number of hydrogen-bond donors (Lipinski definition) is 6. The second-order valence-electron chi connectivity index (χ2n) is 18.6. The number of nitrogen functional groups attached to an aromatic ring is 1. The maximum Gasteiger partial charge on any atom is 0.481 e. The van der Waals surface area contributed by atoms with E-state index in [4.69, 9.17) is 29.0 Å². The SMILES string of the molecule is CCCCC/C=C\C/C=C\CC(O)/C=C\C=C\CCCC(=O)O[C@H](COC(=O)CCCCCCCC/C=C\C/C=C\C/C=C\CCCCCC)COP(=O)(O)OP(=O)(O)OC[C@H]1O[C@@H](n2ccc(N)nc2=O)[C@H](O)[C@@H]1O. The minimum absolute atomic E-state index is 0.0787. The summed E-state index contributed by atoms with van der Waals surface area (Å²) in [7, 11) is -10.9. The number of phosphoric ester groups is 2. The van der Waals surface area contributed by atoms with Crippen LogP contribution in [0.15, 0.2) is 102 Å². The van der Waals surface area contributed by atoms with E-state index in [1.54, 1.807) is 24.3 Å². The molecule has 0 amide bonds. The van der Waals surface area contributed by atoms with Crippen LogP contribution in [0.2, 0.25) is 0 Å². The molecular weight excluding hydrogens is 1020 g/mol. The summed E-state index contributed by atoms with van der Waals surface area (Å²) < 4.78 is 56.7. The molecule has 8 atom stereocenters. The monoisotopic (exact) mass is 1110 g/mol. The second kappa shape index (κ2) is 41.9. The van der Waals surface area contributed by atoms with Crippen LogP contribution in [0.25, 0.3) is 0 Å². The van der Waals surface area contributed by atoms with Gasteiger partial charge in [0.25, 0.3) is 0 Å². The molecule has 0 aliphatic carbocycles.